The van der Waals surface area contributed by atoms with Crippen molar-refractivity contribution < 1.29 is 13.2 Å². The first-order chi connectivity index (χ1) is 15.8. The Bertz CT molecular complexity index is 1400. The highest BCUT2D eigenvalue weighted by Crippen LogP contribution is 2.26. The Morgan fingerprint density at radius 3 is 2.33 bits per heavy atom. The molecule has 8 heteroatoms. The summed E-state index contributed by atoms with van der Waals surface area (Å²) in [5.74, 6) is -0.489. The third kappa shape index (κ3) is 5.54. The van der Waals surface area contributed by atoms with Gasteiger partial charge >= 0.3 is 0 Å². The highest BCUT2D eigenvalue weighted by molar-refractivity contribution is 7.89. The van der Waals surface area contributed by atoms with E-state index in [4.69, 9.17) is 23.2 Å². The van der Waals surface area contributed by atoms with Crippen LogP contribution in [-0.4, -0.2) is 20.4 Å². The van der Waals surface area contributed by atoms with Crippen molar-refractivity contribution in [2.24, 2.45) is 0 Å². The van der Waals surface area contributed by atoms with Gasteiger partial charge in [0.25, 0.3) is 0 Å². The van der Waals surface area contributed by atoms with Gasteiger partial charge in [-0.1, -0.05) is 89.9 Å². The Labute approximate surface area is 202 Å². The number of hydrogen-bond acceptors (Lipinski definition) is 3. The molecule has 0 unspecified atom stereocenters. The van der Waals surface area contributed by atoms with E-state index in [1.807, 2.05) is 66.7 Å². The van der Waals surface area contributed by atoms with Crippen molar-refractivity contribution in [3.05, 3.63) is 107 Å². The highest BCUT2D eigenvalue weighted by atomic mass is 35.5. The monoisotopic (exact) mass is 498 g/mol. The van der Waals surface area contributed by atoms with Crippen molar-refractivity contribution >= 4 is 55.6 Å². The Kier molecular flexibility index (Phi) is 7.00. The molecule has 0 aliphatic carbocycles. The van der Waals surface area contributed by atoms with Crippen molar-refractivity contribution in [1.29, 1.82) is 0 Å². The van der Waals surface area contributed by atoms with E-state index >= 15 is 0 Å². The van der Waals surface area contributed by atoms with Crippen LogP contribution >= 0.6 is 23.2 Å². The molecule has 0 fully saturated rings. The van der Waals surface area contributed by atoms with E-state index in [0.717, 1.165) is 16.3 Å². The van der Waals surface area contributed by atoms with Crippen LogP contribution in [0.4, 0.5) is 5.69 Å². The maximum atomic E-state index is 13.3. The number of sulfonamides is 1. The summed E-state index contributed by atoms with van der Waals surface area (Å²) in [6.07, 6.45) is 0.148. The van der Waals surface area contributed by atoms with Crippen molar-refractivity contribution in [1.82, 2.24) is 4.72 Å². The summed E-state index contributed by atoms with van der Waals surface area (Å²) < 4.78 is 28.8. The van der Waals surface area contributed by atoms with Gasteiger partial charge in [0.1, 0.15) is 10.9 Å². The number of hydrogen-bond donors (Lipinski definition) is 2. The normalized spacial score (nSPS) is 12.4. The largest absolute Gasteiger partial charge is 0.324 e. The molecule has 0 aliphatic rings. The van der Waals surface area contributed by atoms with Gasteiger partial charge in [-0.3, -0.25) is 4.79 Å². The molecule has 0 spiro atoms. The zero-order valence-corrected chi connectivity index (χ0v) is 19.7. The number of fused-ring (bicyclic) bond motifs is 1. The molecule has 5 nitrogen and oxygen atoms in total. The fraction of sp³-hybridized carbons (Fsp3) is 0.0800. The molecule has 0 aromatic heterocycles. The van der Waals surface area contributed by atoms with Crippen molar-refractivity contribution in [2.75, 3.05) is 5.32 Å². The molecule has 0 bridgehead atoms. The number of anilines is 1. The first-order valence-corrected chi connectivity index (χ1v) is 12.4. The molecule has 1 amide bonds. The predicted octanol–water partition coefficient (Wildman–Crippen LogP) is 5.67. The summed E-state index contributed by atoms with van der Waals surface area (Å²) in [6, 6.07) is 25.4. The van der Waals surface area contributed by atoms with Gasteiger partial charge in [-0.25, -0.2) is 8.42 Å². The lowest BCUT2D eigenvalue weighted by molar-refractivity contribution is -0.117. The lowest BCUT2D eigenvalue weighted by Crippen LogP contribution is -2.45. The summed E-state index contributed by atoms with van der Waals surface area (Å²) in [5.41, 5.74) is 1.40. The van der Waals surface area contributed by atoms with Gasteiger partial charge in [0.2, 0.25) is 15.9 Å². The van der Waals surface area contributed by atoms with Crippen LogP contribution in [0, 0.1) is 0 Å². The number of rotatable bonds is 7. The maximum absolute atomic E-state index is 13.3. The van der Waals surface area contributed by atoms with E-state index in [0.29, 0.717) is 5.69 Å². The maximum Gasteiger partial charge on any atom is 0.242 e. The topological polar surface area (TPSA) is 75.3 Å². The third-order valence-electron chi connectivity index (χ3n) is 5.13. The minimum Gasteiger partial charge on any atom is -0.324 e. The summed E-state index contributed by atoms with van der Waals surface area (Å²) in [5, 5.41) is 4.93. The first kappa shape index (κ1) is 23.3. The van der Waals surface area contributed by atoms with Gasteiger partial charge in [-0.2, -0.15) is 4.72 Å². The lowest BCUT2D eigenvalue weighted by atomic mass is 10.1. The van der Waals surface area contributed by atoms with Gasteiger partial charge < -0.3 is 5.32 Å². The predicted molar refractivity (Wildman–Crippen MR) is 133 cm³/mol. The molecule has 0 aliphatic heterocycles. The van der Waals surface area contributed by atoms with Gasteiger partial charge in [0.05, 0.1) is 5.02 Å². The average molecular weight is 499 g/mol. The average Bonchev–Trinajstić information content (AvgIpc) is 2.81. The number of benzene rings is 4. The minimum atomic E-state index is -4.14. The molecule has 4 rings (SSSR count). The molecule has 4 aromatic carbocycles. The summed E-state index contributed by atoms with van der Waals surface area (Å²) in [6.45, 7) is 0. The number of nitrogens with one attached hydrogen (secondary N) is 2. The molecule has 1 atom stereocenters. The van der Waals surface area contributed by atoms with Crippen molar-refractivity contribution in [3.8, 4) is 0 Å². The standard InChI is InChI=1S/C25H20Cl2N2O3S/c26-19-13-14-21(27)24(16-19)33(31,32)29-23(15-17-7-2-1-3-8-17)25(30)28-22-12-6-10-18-9-4-5-11-20(18)22/h1-14,16,23,29H,15H2,(H,28,30)/t23-/m1/s1. The zero-order chi connectivity index (χ0) is 23.4. The van der Waals surface area contributed by atoms with Crippen LogP contribution < -0.4 is 10.0 Å². The van der Waals surface area contributed by atoms with Gasteiger partial charge in [0.15, 0.2) is 0 Å². The van der Waals surface area contributed by atoms with E-state index in [-0.39, 0.29) is 21.4 Å². The molecular weight excluding hydrogens is 479 g/mol. The SMILES string of the molecule is O=C(Nc1cccc2ccccc12)[C@@H](Cc1ccccc1)NS(=O)(=O)c1cc(Cl)ccc1Cl. The van der Waals surface area contributed by atoms with Crippen LogP contribution in [0.15, 0.2) is 95.9 Å². The van der Waals surface area contributed by atoms with Gasteiger partial charge in [0, 0.05) is 16.1 Å². The third-order valence-corrected chi connectivity index (χ3v) is 7.32. The van der Waals surface area contributed by atoms with Crippen molar-refractivity contribution in [2.45, 2.75) is 17.4 Å². The van der Waals surface area contributed by atoms with Crippen molar-refractivity contribution in [3.63, 3.8) is 0 Å². The molecule has 0 saturated carbocycles. The number of carbonyl (C=O) groups excluding carboxylic acids is 1. The molecule has 0 saturated heterocycles. The second-order valence-corrected chi connectivity index (χ2v) is 9.98. The van der Waals surface area contributed by atoms with E-state index in [2.05, 4.69) is 10.0 Å². The van der Waals surface area contributed by atoms with Crippen LogP contribution in [0.3, 0.4) is 0 Å². The van der Waals surface area contributed by atoms with Gasteiger partial charge in [-0.05, 0) is 41.6 Å². The van der Waals surface area contributed by atoms with Crippen LogP contribution in [0.25, 0.3) is 10.8 Å². The van der Waals surface area contributed by atoms with Crippen LogP contribution in [0.1, 0.15) is 5.56 Å². The Morgan fingerprint density at radius 1 is 0.848 bits per heavy atom. The van der Waals surface area contributed by atoms with Crippen LogP contribution in [-0.2, 0) is 21.2 Å². The Morgan fingerprint density at radius 2 is 1.55 bits per heavy atom. The quantitative estimate of drug-likeness (QED) is 0.344. The fourth-order valence-corrected chi connectivity index (χ4v) is 5.48. The zero-order valence-electron chi connectivity index (χ0n) is 17.3. The first-order valence-electron chi connectivity index (χ1n) is 10.1. The molecule has 4 aromatic rings. The van der Waals surface area contributed by atoms with Gasteiger partial charge in [-0.15, -0.1) is 0 Å². The number of carbonyl (C=O) groups is 1. The lowest BCUT2D eigenvalue weighted by Gasteiger charge is -2.20. The van der Waals surface area contributed by atoms with E-state index in [9.17, 15) is 13.2 Å². The molecular formula is C25H20Cl2N2O3S. The number of halogens is 2. The summed E-state index contributed by atoms with van der Waals surface area (Å²) >= 11 is 12.1. The minimum absolute atomic E-state index is 0.0137. The van der Waals surface area contributed by atoms with E-state index in [1.54, 1.807) is 6.07 Å². The van der Waals surface area contributed by atoms with Crippen LogP contribution in [0.5, 0.6) is 0 Å². The molecule has 168 valence electrons. The highest BCUT2D eigenvalue weighted by Gasteiger charge is 2.28. The summed E-state index contributed by atoms with van der Waals surface area (Å²) in [4.78, 5) is 13.1. The molecule has 0 radical (unpaired) electrons. The second kappa shape index (κ2) is 9.93. The Balaban J connectivity index is 1.67. The van der Waals surface area contributed by atoms with E-state index < -0.39 is 22.0 Å². The fourth-order valence-electron chi connectivity index (χ4n) is 3.53. The molecule has 2 N–H and O–H groups in total. The van der Waals surface area contributed by atoms with Crippen LogP contribution in [0.2, 0.25) is 10.0 Å². The molecule has 33 heavy (non-hydrogen) atoms. The van der Waals surface area contributed by atoms with E-state index in [1.165, 1.54) is 18.2 Å². The number of amides is 1. The summed E-state index contributed by atoms with van der Waals surface area (Å²) in [7, 11) is -4.14. The smallest absolute Gasteiger partial charge is 0.242 e. The molecule has 0 heterocycles. The Hall–Kier alpha value is -2.90. The second-order valence-electron chi connectivity index (χ2n) is 7.45.